The van der Waals surface area contributed by atoms with Crippen LogP contribution in [0, 0.1) is 5.92 Å². The number of hydrogen-bond acceptors (Lipinski definition) is 4. The molecular weight excluding hydrogens is 414 g/mol. The zero-order valence-corrected chi connectivity index (χ0v) is 20.7. The van der Waals surface area contributed by atoms with Crippen LogP contribution < -0.4 is 15.0 Å². The number of hydrogen-bond donors (Lipinski definition) is 1. The van der Waals surface area contributed by atoms with Crippen LogP contribution >= 0.6 is 0 Å². The Morgan fingerprint density at radius 3 is 1.97 bits per heavy atom. The minimum Gasteiger partial charge on any atom is -0.497 e. The Bertz CT molecular complexity index is 938. The topological polar surface area (TPSA) is 61.9 Å². The number of carbonyl (C=O) groups excluding carboxylic acids is 2. The summed E-state index contributed by atoms with van der Waals surface area (Å²) in [6.07, 6.45) is 0. The monoisotopic (exact) mass is 451 g/mol. The molecule has 1 N–H and O–H groups in total. The predicted octanol–water partition coefficient (Wildman–Crippen LogP) is 4.10. The number of rotatable bonds is 6. The zero-order valence-electron chi connectivity index (χ0n) is 20.7. The van der Waals surface area contributed by atoms with Crippen molar-refractivity contribution in [2.75, 3.05) is 38.2 Å². The van der Waals surface area contributed by atoms with Gasteiger partial charge in [-0.15, -0.1) is 0 Å². The molecule has 0 saturated carbocycles. The molecule has 1 atom stereocenters. The summed E-state index contributed by atoms with van der Waals surface area (Å²) >= 11 is 0. The van der Waals surface area contributed by atoms with Gasteiger partial charge in [-0.25, -0.2) is 0 Å². The average molecular weight is 452 g/mol. The molecule has 1 saturated heterocycles. The lowest BCUT2D eigenvalue weighted by molar-refractivity contribution is -0.134. The van der Waals surface area contributed by atoms with E-state index in [4.69, 9.17) is 4.74 Å². The Labute approximate surface area is 197 Å². The molecule has 6 heteroatoms. The van der Waals surface area contributed by atoms with Gasteiger partial charge in [0.15, 0.2) is 0 Å². The van der Waals surface area contributed by atoms with Gasteiger partial charge in [0.05, 0.1) is 7.11 Å². The van der Waals surface area contributed by atoms with E-state index in [0.29, 0.717) is 18.7 Å². The van der Waals surface area contributed by atoms with Gasteiger partial charge in [0.2, 0.25) is 5.91 Å². The van der Waals surface area contributed by atoms with Crippen molar-refractivity contribution >= 4 is 17.5 Å². The van der Waals surface area contributed by atoms with Crippen LogP contribution in [0.2, 0.25) is 0 Å². The number of nitrogens with one attached hydrogen (secondary N) is 1. The second-order valence-electron chi connectivity index (χ2n) is 10.0. The van der Waals surface area contributed by atoms with Gasteiger partial charge >= 0.3 is 0 Å². The predicted molar refractivity (Wildman–Crippen MR) is 133 cm³/mol. The van der Waals surface area contributed by atoms with Gasteiger partial charge in [0, 0.05) is 37.4 Å². The van der Waals surface area contributed by atoms with E-state index in [1.165, 1.54) is 5.56 Å². The first-order valence-electron chi connectivity index (χ1n) is 11.7. The van der Waals surface area contributed by atoms with Gasteiger partial charge < -0.3 is 19.9 Å². The SMILES string of the molecule is COc1ccc(N2CCN(C(=O)C(NC(=O)c3ccc(C(C)(C)C)cc3)C(C)C)CC2)cc1. The maximum absolute atomic E-state index is 13.3. The summed E-state index contributed by atoms with van der Waals surface area (Å²) in [6, 6.07) is 15.1. The molecule has 0 spiro atoms. The highest BCUT2D eigenvalue weighted by Crippen LogP contribution is 2.23. The number of methoxy groups -OCH3 is 1. The molecule has 1 heterocycles. The summed E-state index contributed by atoms with van der Waals surface area (Å²) in [4.78, 5) is 30.3. The highest BCUT2D eigenvalue weighted by atomic mass is 16.5. The number of carbonyl (C=O) groups is 2. The number of ether oxygens (including phenoxy) is 1. The Morgan fingerprint density at radius 2 is 1.48 bits per heavy atom. The van der Waals surface area contributed by atoms with Crippen molar-refractivity contribution in [2.45, 2.75) is 46.1 Å². The molecule has 0 radical (unpaired) electrons. The van der Waals surface area contributed by atoms with Crippen LogP contribution in [-0.2, 0) is 10.2 Å². The van der Waals surface area contributed by atoms with Gasteiger partial charge in [0.25, 0.3) is 5.91 Å². The molecule has 2 aromatic carbocycles. The lowest BCUT2D eigenvalue weighted by atomic mass is 9.86. The second-order valence-corrected chi connectivity index (χ2v) is 10.0. The Morgan fingerprint density at radius 1 is 0.909 bits per heavy atom. The largest absolute Gasteiger partial charge is 0.497 e. The Balaban J connectivity index is 1.61. The fourth-order valence-corrected chi connectivity index (χ4v) is 4.03. The highest BCUT2D eigenvalue weighted by Gasteiger charge is 2.31. The smallest absolute Gasteiger partial charge is 0.251 e. The molecule has 0 aliphatic carbocycles. The first-order valence-corrected chi connectivity index (χ1v) is 11.7. The van der Waals surface area contributed by atoms with Crippen LogP contribution in [0.5, 0.6) is 5.75 Å². The van der Waals surface area contributed by atoms with Gasteiger partial charge in [-0.05, 0) is 53.3 Å². The van der Waals surface area contributed by atoms with E-state index in [1.54, 1.807) is 7.11 Å². The van der Waals surface area contributed by atoms with Gasteiger partial charge in [-0.2, -0.15) is 0 Å². The molecule has 6 nitrogen and oxygen atoms in total. The molecule has 0 bridgehead atoms. The Hall–Kier alpha value is -3.02. The summed E-state index contributed by atoms with van der Waals surface area (Å²) in [7, 11) is 1.66. The molecule has 33 heavy (non-hydrogen) atoms. The molecule has 1 unspecified atom stereocenters. The van der Waals surface area contributed by atoms with Crippen LogP contribution in [0.1, 0.15) is 50.5 Å². The third kappa shape index (κ3) is 6.06. The summed E-state index contributed by atoms with van der Waals surface area (Å²) in [5.74, 6) is 0.601. The van der Waals surface area contributed by atoms with Crippen molar-refractivity contribution in [3.63, 3.8) is 0 Å². The minimum atomic E-state index is -0.549. The van der Waals surface area contributed by atoms with Crippen molar-refractivity contribution in [1.82, 2.24) is 10.2 Å². The third-order valence-corrected chi connectivity index (χ3v) is 6.26. The number of piperazine rings is 1. The van der Waals surface area contributed by atoms with Crippen LogP contribution in [0.3, 0.4) is 0 Å². The van der Waals surface area contributed by atoms with Crippen molar-refractivity contribution in [3.8, 4) is 5.75 Å². The summed E-state index contributed by atoms with van der Waals surface area (Å²) in [6.45, 7) is 13.1. The molecule has 1 aliphatic rings. The molecule has 2 amide bonds. The van der Waals surface area contributed by atoms with Crippen molar-refractivity contribution in [2.24, 2.45) is 5.92 Å². The van der Waals surface area contributed by atoms with E-state index in [0.717, 1.165) is 24.5 Å². The number of benzene rings is 2. The minimum absolute atomic E-state index is 0.00471. The lowest BCUT2D eigenvalue weighted by Crippen LogP contribution is -2.56. The Kier molecular flexibility index (Phi) is 7.67. The van der Waals surface area contributed by atoms with E-state index in [1.807, 2.05) is 67.3 Å². The average Bonchev–Trinajstić information content (AvgIpc) is 2.81. The molecule has 1 fully saturated rings. The van der Waals surface area contributed by atoms with E-state index >= 15 is 0 Å². The van der Waals surface area contributed by atoms with Crippen LogP contribution in [0.25, 0.3) is 0 Å². The maximum Gasteiger partial charge on any atom is 0.251 e. The highest BCUT2D eigenvalue weighted by molar-refractivity contribution is 5.97. The fraction of sp³-hybridized carbons (Fsp3) is 0.481. The van der Waals surface area contributed by atoms with E-state index in [2.05, 4.69) is 31.0 Å². The first-order chi connectivity index (χ1) is 15.6. The number of nitrogens with zero attached hydrogens (tertiary/aromatic N) is 2. The normalized spacial score (nSPS) is 15.4. The van der Waals surface area contributed by atoms with Crippen molar-refractivity contribution < 1.29 is 14.3 Å². The summed E-state index contributed by atoms with van der Waals surface area (Å²) in [5, 5.41) is 2.99. The number of amides is 2. The molecule has 3 rings (SSSR count). The van der Waals surface area contributed by atoms with Crippen molar-refractivity contribution in [3.05, 3.63) is 59.7 Å². The van der Waals surface area contributed by atoms with Crippen molar-refractivity contribution in [1.29, 1.82) is 0 Å². The third-order valence-electron chi connectivity index (χ3n) is 6.26. The van der Waals surface area contributed by atoms with Crippen LogP contribution in [-0.4, -0.2) is 56.0 Å². The van der Waals surface area contributed by atoms with Gasteiger partial charge in [-0.3, -0.25) is 9.59 Å². The number of anilines is 1. The first kappa shape index (κ1) is 24.6. The van der Waals surface area contributed by atoms with Crippen LogP contribution in [0.4, 0.5) is 5.69 Å². The quantitative estimate of drug-likeness (QED) is 0.718. The lowest BCUT2D eigenvalue weighted by Gasteiger charge is -2.38. The van der Waals surface area contributed by atoms with Crippen LogP contribution in [0.15, 0.2) is 48.5 Å². The summed E-state index contributed by atoms with van der Waals surface area (Å²) < 4.78 is 5.23. The summed E-state index contributed by atoms with van der Waals surface area (Å²) in [5.41, 5.74) is 2.89. The molecular formula is C27H37N3O3. The maximum atomic E-state index is 13.3. The van der Waals surface area contributed by atoms with E-state index < -0.39 is 6.04 Å². The zero-order chi connectivity index (χ0) is 24.2. The molecule has 1 aliphatic heterocycles. The molecule has 178 valence electrons. The standard InChI is InChI=1S/C27H37N3O3/c1-19(2)24(28-25(31)20-7-9-21(10-8-20)27(3,4)5)26(32)30-17-15-29(16-18-30)22-11-13-23(33-6)14-12-22/h7-14,19,24H,15-18H2,1-6H3,(H,28,31). The molecule has 0 aromatic heterocycles. The molecule has 2 aromatic rings. The van der Waals surface area contributed by atoms with E-state index in [9.17, 15) is 9.59 Å². The second kappa shape index (κ2) is 10.3. The fourth-order valence-electron chi connectivity index (χ4n) is 4.03. The van der Waals surface area contributed by atoms with Gasteiger partial charge in [-0.1, -0.05) is 46.8 Å². The van der Waals surface area contributed by atoms with Gasteiger partial charge in [0.1, 0.15) is 11.8 Å². The van der Waals surface area contributed by atoms with E-state index in [-0.39, 0.29) is 23.1 Å².